The Hall–Kier alpha value is -3.22. The molecule has 27 heavy (non-hydrogen) atoms. The molecule has 1 atom stereocenters. The van der Waals surface area contributed by atoms with Crippen LogP contribution in [0.5, 0.6) is 0 Å². The molecule has 0 radical (unpaired) electrons. The maximum Gasteiger partial charge on any atom is 0.275 e. The van der Waals surface area contributed by atoms with Crippen LogP contribution in [-0.4, -0.2) is 45.0 Å². The molecule has 2 aromatic heterocycles. The van der Waals surface area contributed by atoms with Crippen LogP contribution in [0, 0.1) is 12.8 Å². The van der Waals surface area contributed by atoms with Crippen LogP contribution < -0.4 is 5.32 Å². The fourth-order valence-corrected chi connectivity index (χ4v) is 3.42. The van der Waals surface area contributed by atoms with Crippen LogP contribution in [0.1, 0.15) is 28.9 Å². The zero-order chi connectivity index (χ0) is 18.8. The molecule has 3 heterocycles. The number of para-hydroxylation sites is 1. The lowest BCUT2D eigenvalue weighted by Crippen LogP contribution is -2.44. The molecule has 2 N–H and O–H groups in total. The minimum Gasteiger partial charge on any atom is -0.336 e. The van der Waals surface area contributed by atoms with E-state index in [0.29, 0.717) is 24.6 Å². The smallest absolute Gasteiger partial charge is 0.275 e. The summed E-state index contributed by atoms with van der Waals surface area (Å²) in [5.41, 5.74) is 2.28. The molecular weight excluding hydrogens is 342 g/mol. The van der Waals surface area contributed by atoms with Crippen LogP contribution in [0.25, 0.3) is 10.9 Å². The summed E-state index contributed by atoms with van der Waals surface area (Å²) in [7, 11) is 0. The maximum atomic E-state index is 12.9. The van der Waals surface area contributed by atoms with E-state index in [4.69, 9.17) is 0 Å². The summed E-state index contributed by atoms with van der Waals surface area (Å²) >= 11 is 0. The van der Waals surface area contributed by atoms with Crippen LogP contribution in [0.15, 0.2) is 42.6 Å². The van der Waals surface area contributed by atoms with E-state index in [1.54, 1.807) is 17.2 Å². The Labute approximate surface area is 156 Å². The Morgan fingerprint density at radius 1 is 1.22 bits per heavy atom. The minimum absolute atomic E-state index is 0.101. The van der Waals surface area contributed by atoms with E-state index in [0.717, 1.165) is 29.3 Å². The summed E-state index contributed by atoms with van der Waals surface area (Å²) in [6.07, 6.45) is 3.26. The Kier molecular flexibility index (Phi) is 4.58. The third kappa shape index (κ3) is 3.53. The molecule has 0 aliphatic carbocycles. The van der Waals surface area contributed by atoms with E-state index in [1.165, 1.54) is 0 Å². The number of aryl methyl sites for hydroxylation is 1. The van der Waals surface area contributed by atoms with Crippen molar-refractivity contribution in [3.05, 3.63) is 53.9 Å². The number of nitrogens with zero attached hydrogens (tertiary/aromatic N) is 3. The van der Waals surface area contributed by atoms with Gasteiger partial charge in [0, 0.05) is 24.7 Å². The predicted molar refractivity (Wildman–Crippen MR) is 102 cm³/mol. The molecular formula is C20H21N5O2. The van der Waals surface area contributed by atoms with Crippen molar-refractivity contribution >= 4 is 28.5 Å². The summed E-state index contributed by atoms with van der Waals surface area (Å²) in [6, 6.07) is 11.2. The second-order valence-electron chi connectivity index (χ2n) is 6.92. The predicted octanol–water partition coefficient (Wildman–Crippen LogP) is 2.76. The molecule has 1 unspecified atom stereocenters. The first kappa shape index (κ1) is 17.2. The van der Waals surface area contributed by atoms with Gasteiger partial charge in [0.15, 0.2) is 5.69 Å². The number of rotatable bonds is 3. The van der Waals surface area contributed by atoms with E-state index in [2.05, 4.69) is 20.5 Å². The normalized spacial score (nSPS) is 17.1. The molecule has 0 bridgehead atoms. The third-order valence-corrected chi connectivity index (χ3v) is 4.91. The summed E-state index contributed by atoms with van der Waals surface area (Å²) < 4.78 is 0. The number of aromatic amines is 1. The molecule has 4 rings (SSSR count). The third-order valence-electron chi connectivity index (χ3n) is 4.91. The van der Waals surface area contributed by atoms with Crippen molar-refractivity contribution in [3.63, 3.8) is 0 Å². The highest BCUT2D eigenvalue weighted by Crippen LogP contribution is 2.22. The number of benzene rings is 1. The van der Waals surface area contributed by atoms with E-state index < -0.39 is 0 Å². The number of aromatic nitrogens is 3. The highest BCUT2D eigenvalue weighted by molar-refractivity contribution is 6.05. The van der Waals surface area contributed by atoms with Gasteiger partial charge in [0.2, 0.25) is 5.91 Å². The van der Waals surface area contributed by atoms with Crippen molar-refractivity contribution in [2.45, 2.75) is 19.8 Å². The van der Waals surface area contributed by atoms with Gasteiger partial charge in [-0.3, -0.25) is 14.7 Å². The number of likely N-dealkylation sites (tertiary alicyclic amines) is 1. The number of anilines is 1. The molecule has 1 aliphatic heterocycles. The minimum atomic E-state index is -0.254. The standard InChI is InChI=1S/C20H21N5O2/c1-13-8-9-17(21-11-13)22-19(26)14-5-4-10-25(12-14)20(27)18-15-6-2-3-7-16(15)23-24-18/h2-3,6-9,11,14H,4-5,10,12H2,1H3,(H,23,24)(H,21,22,26). The first-order chi connectivity index (χ1) is 13.1. The SMILES string of the molecule is Cc1ccc(NC(=O)C2CCCN(C(=O)c3n[nH]c4ccccc34)C2)nc1. The van der Waals surface area contributed by atoms with Crippen LogP contribution in [0.4, 0.5) is 5.82 Å². The molecule has 7 heteroatoms. The molecule has 1 aromatic carbocycles. The van der Waals surface area contributed by atoms with Gasteiger partial charge in [-0.05, 0) is 37.5 Å². The van der Waals surface area contributed by atoms with Gasteiger partial charge in [0.1, 0.15) is 5.82 Å². The molecule has 1 aliphatic rings. The number of hydrogen-bond acceptors (Lipinski definition) is 4. The van der Waals surface area contributed by atoms with Crippen LogP contribution >= 0.6 is 0 Å². The van der Waals surface area contributed by atoms with Gasteiger partial charge >= 0.3 is 0 Å². The quantitative estimate of drug-likeness (QED) is 0.749. The number of hydrogen-bond donors (Lipinski definition) is 2. The molecule has 0 saturated carbocycles. The van der Waals surface area contributed by atoms with Crippen LogP contribution in [-0.2, 0) is 4.79 Å². The average molecular weight is 363 g/mol. The lowest BCUT2D eigenvalue weighted by atomic mass is 9.96. The first-order valence-electron chi connectivity index (χ1n) is 9.08. The highest BCUT2D eigenvalue weighted by Gasteiger charge is 2.30. The number of nitrogens with one attached hydrogen (secondary N) is 2. The molecule has 1 fully saturated rings. The Bertz CT molecular complexity index is 979. The van der Waals surface area contributed by atoms with Crippen molar-refractivity contribution in [1.82, 2.24) is 20.1 Å². The van der Waals surface area contributed by atoms with Crippen molar-refractivity contribution < 1.29 is 9.59 Å². The summed E-state index contributed by atoms with van der Waals surface area (Å²) in [6.45, 7) is 2.96. The number of carbonyl (C=O) groups excluding carboxylic acids is 2. The van der Waals surface area contributed by atoms with E-state index in [-0.39, 0.29) is 17.7 Å². The summed E-state index contributed by atoms with van der Waals surface area (Å²) in [5.74, 6) is 0.0394. The fourth-order valence-electron chi connectivity index (χ4n) is 3.42. The average Bonchev–Trinajstić information content (AvgIpc) is 3.13. The number of pyridine rings is 1. The van der Waals surface area contributed by atoms with Crippen LogP contribution in [0.3, 0.4) is 0 Å². The Morgan fingerprint density at radius 3 is 2.89 bits per heavy atom. The largest absolute Gasteiger partial charge is 0.336 e. The van der Waals surface area contributed by atoms with Crippen molar-refractivity contribution in [3.8, 4) is 0 Å². The number of H-pyrrole nitrogens is 1. The van der Waals surface area contributed by atoms with E-state index in [1.807, 2.05) is 37.3 Å². The number of carbonyl (C=O) groups is 2. The van der Waals surface area contributed by atoms with Gasteiger partial charge in [-0.1, -0.05) is 24.3 Å². The van der Waals surface area contributed by atoms with Gasteiger partial charge in [-0.2, -0.15) is 5.10 Å². The van der Waals surface area contributed by atoms with Gasteiger partial charge in [-0.15, -0.1) is 0 Å². The van der Waals surface area contributed by atoms with E-state index >= 15 is 0 Å². The van der Waals surface area contributed by atoms with E-state index in [9.17, 15) is 9.59 Å². The van der Waals surface area contributed by atoms with Crippen LogP contribution in [0.2, 0.25) is 0 Å². The summed E-state index contributed by atoms with van der Waals surface area (Å²) in [4.78, 5) is 31.5. The van der Waals surface area contributed by atoms with Crippen molar-refractivity contribution in [2.24, 2.45) is 5.92 Å². The molecule has 1 saturated heterocycles. The molecule has 0 spiro atoms. The van der Waals surface area contributed by atoms with Crippen molar-refractivity contribution in [2.75, 3.05) is 18.4 Å². The second kappa shape index (κ2) is 7.19. The lowest BCUT2D eigenvalue weighted by Gasteiger charge is -2.31. The zero-order valence-corrected chi connectivity index (χ0v) is 15.1. The molecule has 3 aromatic rings. The number of fused-ring (bicyclic) bond motifs is 1. The maximum absolute atomic E-state index is 12.9. The number of piperidine rings is 1. The fraction of sp³-hybridized carbons (Fsp3) is 0.300. The first-order valence-corrected chi connectivity index (χ1v) is 9.08. The zero-order valence-electron chi connectivity index (χ0n) is 15.1. The Balaban J connectivity index is 1.46. The lowest BCUT2D eigenvalue weighted by molar-refractivity contribution is -0.121. The number of amides is 2. The summed E-state index contributed by atoms with van der Waals surface area (Å²) in [5, 5.41) is 10.7. The second-order valence-corrected chi connectivity index (χ2v) is 6.92. The topological polar surface area (TPSA) is 91.0 Å². The van der Waals surface area contributed by atoms with Gasteiger partial charge < -0.3 is 10.2 Å². The molecule has 138 valence electrons. The Morgan fingerprint density at radius 2 is 2.07 bits per heavy atom. The molecule has 2 amide bonds. The molecule has 7 nitrogen and oxygen atoms in total. The van der Waals surface area contributed by atoms with Gasteiger partial charge in [0.25, 0.3) is 5.91 Å². The highest BCUT2D eigenvalue weighted by atomic mass is 16.2. The van der Waals surface area contributed by atoms with Crippen molar-refractivity contribution in [1.29, 1.82) is 0 Å². The monoisotopic (exact) mass is 363 g/mol. The van der Waals surface area contributed by atoms with Gasteiger partial charge in [-0.25, -0.2) is 4.98 Å². The van der Waals surface area contributed by atoms with Gasteiger partial charge in [0.05, 0.1) is 11.4 Å².